The Morgan fingerprint density at radius 1 is 1.37 bits per heavy atom. The van der Waals surface area contributed by atoms with Crippen molar-refractivity contribution in [2.24, 2.45) is 0 Å². The van der Waals surface area contributed by atoms with Crippen molar-refractivity contribution in [1.29, 1.82) is 0 Å². The molecular formula is C14H16N2O2S. The summed E-state index contributed by atoms with van der Waals surface area (Å²) in [5.41, 5.74) is 1.17. The van der Waals surface area contributed by atoms with E-state index in [-0.39, 0.29) is 12.5 Å². The number of rotatable bonds is 6. The Labute approximate surface area is 116 Å². The average molecular weight is 276 g/mol. The first kappa shape index (κ1) is 13.5. The van der Waals surface area contributed by atoms with E-state index in [9.17, 15) is 4.79 Å². The van der Waals surface area contributed by atoms with E-state index in [2.05, 4.69) is 10.3 Å². The molecule has 0 saturated carbocycles. The molecule has 0 unspecified atom stereocenters. The number of aryl methyl sites for hydroxylation is 1. The molecule has 0 aliphatic rings. The largest absolute Gasteiger partial charge is 0.484 e. The Morgan fingerprint density at radius 3 is 2.84 bits per heavy atom. The molecule has 1 aromatic heterocycles. The van der Waals surface area contributed by atoms with Crippen molar-refractivity contribution in [1.82, 2.24) is 10.3 Å². The molecule has 4 nitrogen and oxygen atoms in total. The lowest BCUT2D eigenvalue weighted by Gasteiger charge is -2.07. The predicted molar refractivity (Wildman–Crippen MR) is 75.5 cm³/mol. The van der Waals surface area contributed by atoms with Crippen molar-refractivity contribution in [3.05, 3.63) is 46.4 Å². The number of hydrogen-bond acceptors (Lipinski definition) is 4. The van der Waals surface area contributed by atoms with Crippen molar-refractivity contribution in [3.8, 4) is 5.75 Å². The molecule has 2 rings (SSSR count). The van der Waals surface area contributed by atoms with Gasteiger partial charge in [-0.2, -0.15) is 0 Å². The van der Waals surface area contributed by atoms with Gasteiger partial charge in [0.05, 0.1) is 5.01 Å². The monoisotopic (exact) mass is 276 g/mol. The van der Waals surface area contributed by atoms with Crippen LogP contribution in [0.25, 0.3) is 0 Å². The van der Waals surface area contributed by atoms with Gasteiger partial charge in [0.25, 0.3) is 5.91 Å². The molecule has 0 fully saturated rings. The van der Waals surface area contributed by atoms with Gasteiger partial charge in [-0.15, -0.1) is 11.3 Å². The molecule has 2 aromatic rings. The first-order chi connectivity index (χ1) is 9.24. The van der Waals surface area contributed by atoms with Crippen LogP contribution in [0.1, 0.15) is 10.6 Å². The van der Waals surface area contributed by atoms with Crippen LogP contribution in [-0.2, 0) is 11.2 Å². The highest BCUT2D eigenvalue weighted by molar-refractivity contribution is 7.09. The fraction of sp³-hybridized carbons (Fsp3) is 0.286. The summed E-state index contributed by atoms with van der Waals surface area (Å²) in [5.74, 6) is 0.595. The Bertz CT molecular complexity index is 509. The summed E-state index contributed by atoms with van der Waals surface area (Å²) in [7, 11) is 0. The molecule has 1 N–H and O–H groups in total. The molecule has 0 aliphatic carbocycles. The highest BCUT2D eigenvalue weighted by atomic mass is 32.1. The minimum absolute atomic E-state index is 0.0426. The van der Waals surface area contributed by atoms with Gasteiger partial charge in [-0.05, 0) is 19.1 Å². The van der Waals surface area contributed by atoms with E-state index < -0.39 is 0 Å². The summed E-state index contributed by atoms with van der Waals surface area (Å²) in [4.78, 5) is 15.7. The lowest BCUT2D eigenvalue weighted by molar-refractivity contribution is -0.123. The van der Waals surface area contributed by atoms with Crippen LogP contribution in [0.2, 0.25) is 0 Å². The average Bonchev–Trinajstić information content (AvgIpc) is 2.91. The van der Waals surface area contributed by atoms with Crippen LogP contribution in [0.4, 0.5) is 0 Å². The van der Waals surface area contributed by atoms with Gasteiger partial charge in [0.2, 0.25) is 0 Å². The zero-order chi connectivity index (χ0) is 13.5. The van der Waals surface area contributed by atoms with E-state index in [1.54, 1.807) is 17.5 Å². The Kier molecular flexibility index (Phi) is 4.92. The van der Waals surface area contributed by atoms with Crippen molar-refractivity contribution in [2.45, 2.75) is 13.3 Å². The lowest BCUT2D eigenvalue weighted by Crippen LogP contribution is -2.30. The van der Waals surface area contributed by atoms with Gasteiger partial charge < -0.3 is 10.1 Å². The zero-order valence-electron chi connectivity index (χ0n) is 10.8. The summed E-state index contributed by atoms with van der Waals surface area (Å²) in [5, 5.41) is 5.76. The molecule has 0 aliphatic heterocycles. The minimum atomic E-state index is -0.114. The molecule has 19 heavy (non-hydrogen) atoms. The third-order valence-corrected chi connectivity index (χ3v) is 3.37. The lowest BCUT2D eigenvalue weighted by atomic mass is 10.2. The Balaban J connectivity index is 1.65. The number of benzene rings is 1. The van der Waals surface area contributed by atoms with E-state index in [1.165, 1.54) is 5.56 Å². The maximum absolute atomic E-state index is 11.6. The summed E-state index contributed by atoms with van der Waals surface area (Å²) >= 11 is 1.59. The fourth-order valence-electron chi connectivity index (χ4n) is 1.52. The van der Waals surface area contributed by atoms with Crippen molar-refractivity contribution >= 4 is 17.2 Å². The maximum Gasteiger partial charge on any atom is 0.257 e. The van der Waals surface area contributed by atoms with Gasteiger partial charge in [-0.3, -0.25) is 4.79 Å². The molecule has 0 bridgehead atoms. The molecule has 5 heteroatoms. The third kappa shape index (κ3) is 4.71. The maximum atomic E-state index is 11.6. The Morgan fingerprint density at radius 2 is 2.16 bits per heavy atom. The van der Waals surface area contributed by atoms with Crippen molar-refractivity contribution < 1.29 is 9.53 Å². The first-order valence-electron chi connectivity index (χ1n) is 6.08. The zero-order valence-corrected chi connectivity index (χ0v) is 11.6. The molecule has 0 radical (unpaired) electrons. The number of nitrogens with one attached hydrogen (secondary N) is 1. The summed E-state index contributed by atoms with van der Waals surface area (Å²) in [6.45, 7) is 2.64. The van der Waals surface area contributed by atoms with Gasteiger partial charge in [0.1, 0.15) is 5.75 Å². The number of hydrogen-bond donors (Lipinski definition) is 1. The number of ether oxygens (including phenoxy) is 1. The van der Waals surface area contributed by atoms with E-state index in [0.29, 0.717) is 12.3 Å². The van der Waals surface area contributed by atoms with E-state index in [0.717, 1.165) is 11.4 Å². The van der Waals surface area contributed by atoms with Gasteiger partial charge in [0, 0.05) is 24.5 Å². The van der Waals surface area contributed by atoms with E-state index in [1.807, 2.05) is 36.6 Å². The molecule has 0 saturated heterocycles. The molecule has 1 aromatic carbocycles. The van der Waals surface area contributed by atoms with Crippen LogP contribution in [0.15, 0.2) is 35.8 Å². The van der Waals surface area contributed by atoms with Gasteiger partial charge in [-0.25, -0.2) is 4.98 Å². The van der Waals surface area contributed by atoms with Crippen LogP contribution in [0.3, 0.4) is 0 Å². The number of thiazole rings is 1. The number of amides is 1. The second kappa shape index (κ2) is 6.89. The van der Waals surface area contributed by atoms with Crippen LogP contribution in [0, 0.1) is 6.92 Å². The van der Waals surface area contributed by atoms with Crippen LogP contribution in [-0.4, -0.2) is 24.0 Å². The van der Waals surface area contributed by atoms with Crippen LogP contribution < -0.4 is 10.1 Å². The standard InChI is InChI=1S/C14H16N2O2S/c1-11-2-4-12(5-3-11)18-10-13(17)15-7-6-14-16-8-9-19-14/h2-5,8-9H,6-7,10H2,1H3,(H,15,17). The molecule has 0 atom stereocenters. The van der Waals surface area contributed by atoms with E-state index in [4.69, 9.17) is 4.74 Å². The second-order valence-corrected chi connectivity index (χ2v) is 5.11. The second-order valence-electron chi connectivity index (χ2n) is 4.13. The highest BCUT2D eigenvalue weighted by Gasteiger charge is 2.03. The molecule has 1 heterocycles. The summed E-state index contributed by atoms with van der Waals surface area (Å²) in [6, 6.07) is 7.63. The number of aromatic nitrogens is 1. The number of carbonyl (C=O) groups is 1. The Hall–Kier alpha value is -1.88. The van der Waals surface area contributed by atoms with Gasteiger partial charge >= 0.3 is 0 Å². The van der Waals surface area contributed by atoms with Crippen molar-refractivity contribution in [2.75, 3.05) is 13.2 Å². The smallest absolute Gasteiger partial charge is 0.257 e. The number of carbonyl (C=O) groups excluding carboxylic acids is 1. The van der Waals surface area contributed by atoms with Gasteiger partial charge in [0.15, 0.2) is 6.61 Å². The first-order valence-corrected chi connectivity index (χ1v) is 6.96. The molecule has 100 valence electrons. The third-order valence-electron chi connectivity index (χ3n) is 2.54. The summed E-state index contributed by atoms with van der Waals surface area (Å²) < 4.78 is 5.39. The molecule has 1 amide bonds. The minimum Gasteiger partial charge on any atom is -0.484 e. The normalized spacial score (nSPS) is 10.2. The summed E-state index contributed by atoms with van der Waals surface area (Å²) in [6.07, 6.45) is 2.52. The topological polar surface area (TPSA) is 51.2 Å². The fourth-order valence-corrected chi connectivity index (χ4v) is 2.14. The quantitative estimate of drug-likeness (QED) is 0.880. The van der Waals surface area contributed by atoms with Crippen LogP contribution in [0.5, 0.6) is 5.75 Å². The molecule has 0 spiro atoms. The van der Waals surface area contributed by atoms with Crippen molar-refractivity contribution in [3.63, 3.8) is 0 Å². The molecular weight excluding hydrogens is 260 g/mol. The van der Waals surface area contributed by atoms with Gasteiger partial charge in [-0.1, -0.05) is 17.7 Å². The highest BCUT2D eigenvalue weighted by Crippen LogP contribution is 2.10. The predicted octanol–water partition coefficient (Wildman–Crippen LogP) is 2.19. The van der Waals surface area contributed by atoms with Crippen LogP contribution >= 0.6 is 11.3 Å². The SMILES string of the molecule is Cc1ccc(OCC(=O)NCCc2nccs2)cc1. The van der Waals surface area contributed by atoms with E-state index >= 15 is 0 Å². The number of nitrogens with zero attached hydrogens (tertiary/aromatic N) is 1.